The molecule has 3 atom stereocenters. The molecule has 0 fully saturated rings. The number of carboxylic acids is 1. The number of hydrogen-bond acceptors (Lipinski definition) is 5. The van der Waals surface area contributed by atoms with Gasteiger partial charge in [0, 0.05) is 6.42 Å². The third kappa shape index (κ3) is 7.00. The van der Waals surface area contributed by atoms with Crippen molar-refractivity contribution in [2.45, 2.75) is 37.9 Å². The Morgan fingerprint density at radius 3 is 2.24 bits per heavy atom. The maximum Gasteiger partial charge on any atom is 0.279 e. The fourth-order valence-corrected chi connectivity index (χ4v) is 2.08. The number of nitrogens with one attached hydrogen (secondary N) is 2. The first kappa shape index (κ1) is 20.1. The van der Waals surface area contributed by atoms with Crippen LogP contribution < -0.4 is 27.2 Å². The van der Waals surface area contributed by atoms with Crippen LogP contribution in [0.15, 0.2) is 30.3 Å². The number of benzene rings is 1. The van der Waals surface area contributed by atoms with Gasteiger partial charge in [0.05, 0.1) is 18.4 Å². The molecule has 136 valence electrons. The van der Waals surface area contributed by atoms with Crippen LogP contribution in [0.2, 0.25) is 0 Å². The Hall–Kier alpha value is -2.94. The summed E-state index contributed by atoms with van der Waals surface area (Å²) in [5.41, 5.74) is 9.61. The van der Waals surface area contributed by atoms with Gasteiger partial charge < -0.3 is 32.0 Å². The molecule has 0 aliphatic heterocycles. The van der Waals surface area contributed by atoms with Crippen molar-refractivity contribution in [3.05, 3.63) is 35.9 Å². The normalized spacial score (nSPS) is 14.0. The quantitative estimate of drug-likeness (QED) is 0.361. The molecule has 0 unspecified atom stereocenters. The van der Waals surface area contributed by atoms with E-state index in [0.717, 1.165) is 5.56 Å². The molecule has 0 aliphatic carbocycles. The van der Waals surface area contributed by atoms with E-state index in [1.54, 1.807) is 0 Å². The molecule has 0 saturated heterocycles. The highest BCUT2D eigenvalue weighted by Crippen LogP contribution is 2.01. The molecule has 0 bridgehead atoms. The highest BCUT2D eigenvalue weighted by atomic mass is 16.4. The van der Waals surface area contributed by atoms with Gasteiger partial charge in [0.2, 0.25) is 11.8 Å². The predicted molar refractivity (Wildman–Crippen MR) is 85.2 cm³/mol. The average Bonchev–Trinajstić information content (AvgIpc) is 2.54. The number of rotatable bonds is 9. The van der Waals surface area contributed by atoms with E-state index in [-0.39, 0.29) is 0 Å². The molecule has 0 spiro atoms. The molecule has 0 saturated carbocycles. The number of nitrogens with two attached hydrogens (primary N) is 1. The van der Waals surface area contributed by atoms with Crippen molar-refractivity contribution >= 4 is 23.7 Å². The molecule has 25 heavy (non-hydrogen) atoms. The summed E-state index contributed by atoms with van der Waals surface area (Å²) in [4.78, 5) is 45.8. The van der Waals surface area contributed by atoms with Gasteiger partial charge in [0.15, 0.2) is 6.04 Å². The third-order valence-corrected chi connectivity index (χ3v) is 3.45. The van der Waals surface area contributed by atoms with Crippen molar-refractivity contribution in [3.63, 3.8) is 0 Å². The maximum atomic E-state index is 12.1. The van der Waals surface area contributed by atoms with Gasteiger partial charge in [0.1, 0.15) is 6.04 Å². The second kappa shape index (κ2) is 9.38. The van der Waals surface area contributed by atoms with Crippen LogP contribution in [0.4, 0.5) is 0 Å². The van der Waals surface area contributed by atoms with Gasteiger partial charge >= 0.3 is 0 Å². The fraction of sp³-hybridized carbons (Fsp3) is 0.375. The number of carbonyl (C=O) groups is 4. The van der Waals surface area contributed by atoms with Crippen LogP contribution in [0.25, 0.3) is 0 Å². The Labute approximate surface area is 144 Å². The minimum Gasteiger partial charge on any atom is -0.548 e. The number of primary amides is 1. The summed E-state index contributed by atoms with van der Waals surface area (Å²) in [6, 6.07) is 6.07. The summed E-state index contributed by atoms with van der Waals surface area (Å²) < 4.78 is 0. The summed E-state index contributed by atoms with van der Waals surface area (Å²) in [5.74, 6) is -3.75. The summed E-state index contributed by atoms with van der Waals surface area (Å²) in [6.07, 6.45) is -0.203. The van der Waals surface area contributed by atoms with Gasteiger partial charge in [-0.1, -0.05) is 30.3 Å². The van der Waals surface area contributed by atoms with Gasteiger partial charge in [-0.05, 0) is 12.5 Å². The Morgan fingerprint density at radius 1 is 1.12 bits per heavy atom. The first-order valence-electron chi connectivity index (χ1n) is 7.67. The van der Waals surface area contributed by atoms with Gasteiger partial charge in [-0.15, -0.1) is 0 Å². The summed E-state index contributed by atoms with van der Waals surface area (Å²) in [5, 5.41) is 15.5. The average molecular weight is 350 g/mol. The van der Waals surface area contributed by atoms with Crippen LogP contribution in [0.3, 0.4) is 0 Å². The van der Waals surface area contributed by atoms with Crippen LogP contribution in [-0.2, 0) is 25.6 Å². The van der Waals surface area contributed by atoms with E-state index in [4.69, 9.17) is 5.73 Å². The van der Waals surface area contributed by atoms with E-state index in [0.29, 0.717) is 6.42 Å². The summed E-state index contributed by atoms with van der Waals surface area (Å²) in [6.45, 7) is 1.39. The zero-order chi connectivity index (χ0) is 19.0. The molecule has 9 nitrogen and oxygen atoms in total. The largest absolute Gasteiger partial charge is 0.548 e. The topological polar surface area (TPSA) is 169 Å². The van der Waals surface area contributed by atoms with Gasteiger partial charge in [-0.2, -0.15) is 0 Å². The first-order chi connectivity index (χ1) is 11.7. The molecule has 3 amide bonds. The van der Waals surface area contributed by atoms with Crippen LogP contribution in [0, 0.1) is 0 Å². The predicted octanol–water partition coefficient (Wildman–Crippen LogP) is -3.55. The van der Waals surface area contributed by atoms with Gasteiger partial charge in [-0.3, -0.25) is 14.4 Å². The summed E-state index contributed by atoms with van der Waals surface area (Å²) in [7, 11) is 0. The minimum absolute atomic E-state index is 0.393. The van der Waals surface area contributed by atoms with Crippen molar-refractivity contribution in [3.8, 4) is 0 Å². The monoisotopic (exact) mass is 350 g/mol. The molecule has 0 heterocycles. The second-order valence-corrected chi connectivity index (χ2v) is 5.67. The molecule has 1 aromatic carbocycles. The lowest BCUT2D eigenvalue weighted by molar-refractivity contribution is -0.403. The number of amides is 3. The lowest BCUT2D eigenvalue weighted by Crippen LogP contribution is -2.69. The van der Waals surface area contributed by atoms with Crippen LogP contribution in [0.1, 0.15) is 18.9 Å². The van der Waals surface area contributed by atoms with Crippen molar-refractivity contribution in [1.82, 2.24) is 10.6 Å². The minimum atomic E-state index is -1.63. The zero-order valence-corrected chi connectivity index (χ0v) is 13.9. The molecule has 9 heteroatoms. The molecule has 0 radical (unpaired) electrons. The number of quaternary nitrogens is 1. The third-order valence-electron chi connectivity index (χ3n) is 3.45. The molecule has 1 rings (SSSR count). The van der Waals surface area contributed by atoms with E-state index in [1.165, 1.54) is 6.92 Å². The number of carboxylic acid groups (broad SMARTS) is 1. The Balaban J connectivity index is 2.56. The van der Waals surface area contributed by atoms with E-state index < -0.39 is 48.2 Å². The standard InChI is InChI=1S/C16H22N4O5/c1-9(14(22)20-12(16(24)25)8-13(18)21)19-15(23)11(17)7-10-5-3-2-4-6-10/h2-6,9,11-12H,7-8,17H2,1H3,(H2,18,21)(H,19,23)(H,20,22)(H,24,25)/t9-,11-,12-/m0/s1. The molecule has 0 aromatic heterocycles. The number of carbonyl (C=O) groups excluding carboxylic acids is 4. The lowest BCUT2D eigenvalue weighted by atomic mass is 10.1. The Bertz CT molecular complexity index is 635. The summed E-state index contributed by atoms with van der Waals surface area (Å²) >= 11 is 0. The van der Waals surface area contributed by atoms with Crippen LogP contribution >= 0.6 is 0 Å². The molecule has 0 aliphatic rings. The van der Waals surface area contributed by atoms with E-state index in [9.17, 15) is 24.3 Å². The molecule has 1 aromatic rings. The van der Waals surface area contributed by atoms with Crippen molar-refractivity contribution in [2.24, 2.45) is 5.73 Å². The van der Waals surface area contributed by atoms with Crippen molar-refractivity contribution in [1.29, 1.82) is 0 Å². The highest BCUT2D eigenvalue weighted by Gasteiger charge is 2.25. The van der Waals surface area contributed by atoms with E-state index in [2.05, 4.69) is 16.4 Å². The maximum absolute atomic E-state index is 12.1. The second-order valence-electron chi connectivity index (χ2n) is 5.67. The van der Waals surface area contributed by atoms with Gasteiger partial charge in [0.25, 0.3) is 5.91 Å². The van der Waals surface area contributed by atoms with E-state index in [1.807, 2.05) is 30.3 Å². The number of aliphatic carboxylic acids is 1. The molecule has 7 N–H and O–H groups in total. The number of hydrogen-bond donors (Lipinski definition) is 4. The van der Waals surface area contributed by atoms with E-state index >= 15 is 0 Å². The molecular formula is C16H22N4O5. The lowest BCUT2D eigenvalue weighted by Gasteiger charge is -2.21. The van der Waals surface area contributed by atoms with Crippen LogP contribution in [-0.4, -0.2) is 41.8 Å². The Kier molecular flexibility index (Phi) is 7.54. The smallest absolute Gasteiger partial charge is 0.279 e. The Morgan fingerprint density at radius 2 is 1.72 bits per heavy atom. The van der Waals surface area contributed by atoms with Crippen molar-refractivity contribution < 1.29 is 30.0 Å². The first-order valence-corrected chi connectivity index (χ1v) is 7.67. The zero-order valence-electron chi connectivity index (χ0n) is 13.9. The highest BCUT2D eigenvalue weighted by molar-refractivity contribution is 5.92. The van der Waals surface area contributed by atoms with Crippen LogP contribution in [0.5, 0.6) is 0 Å². The fourth-order valence-electron chi connectivity index (χ4n) is 2.08. The molecular weight excluding hydrogens is 328 g/mol. The van der Waals surface area contributed by atoms with Gasteiger partial charge in [-0.25, -0.2) is 0 Å². The SMILES string of the molecule is C[C@H](NC(=O)[C@@H]([NH3+])Cc1ccccc1)C(=O)N[C@@H](CC(N)=O)C(=O)[O-]. The van der Waals surface area contributed by atoms with Crippen molar-refractivity contribution in [2.75, 3.05) is 0 Å².